The van der Waals surface area contributed by atoms with Crippen molar-refractivity contribution < 1.29 is 0 Å². The third kappa shape index (κ3) is 7.67. The van der Waals surface area contributed by atoms with Gasteiger partial charge in [0.1, 0.15) is 0 Å². The second-order valence-electron chi connectivity index (χ2n) is 11.6. The van der Waals surface area contributed by atoms with Crippen LogP contribution in [-0.2, 0) is 25.8 Å². The standard InChI is InChI=1S/C36H52N4/c1-7-29-14-19-34(20-15-29)39(10-4)25-28(5)23-30-11-17-33(18-12-30)35-21-22-37-27-40(35)26-31-13-16-32(8-2)36(24-31)38(6)9-3/h11-20,24,28,35,37H,7-10,21-23,25-27H2,1-6H3. The Kier molecular flexibility index (Phi) is 11.1. The second kappa shape index (κ2) is 14.7. The van der Waals surface area contributed by atoms with Crippen molar-refractivity contribution in [3.63, 3.8) is 0 Å². The van der Waals surface area contributed by atoms with Crippen LogP contribution in [0.2, 0.25) is 0 Å². The fourth-order valence-corrected chi connectivity index (χ4v) is 6.14. The Hall–Kier alpha value is -2.82. The molecule has 0 saturated carbocycles. The van der Waals surface area contributed by atoms with E-state index in [4.69, 9.17) is 0 Å². The minimum absolute atomic E-state index is 0.451. The Morgan fingerprint density at radius 3 is 2.20 bits per heavy atom. The van der Waals surface area contributed by atoms with Gasteiger partial charge in [0, 0.05) is 57.3 Å². The van der Waals surface area contributed by atoms with Crippen LogP contribution in [0.3, 0.4) is 0 Å². The van der Waals surface area contributed by atoms with E-state index >= 15 is 0 Å². The first-order valence-electron chi connectivity index (χ1n) is 15.7. The summed E-state index contributed by atoms with van der Waals surface area (Å²) in [5.74, 6) is 0.591. The molecule has 0 aliphatic carbocycles. The minimum atomic E-state index is 0.451. The van der Waals surface area contributed by atoms with Crippen LogP contribution in [0.1, 0.15) is 74.9 Å². The van der Waals surface area contributed by atoms with Gasteiger partial charge >= 0.3 is 0 Å². The topological polar surface area (TPSA) is 21.8 Å². The predicted molar refractivity (Wildman–Crippen MR) is 174 cm³/mol. The van der Waals surface area contributed by atoms with Crippen LogP contribution < -0.4 is 15.1 Å². The SMILES string of the molecule is CCc1ccc(N(CC)CC(C)Cc2ccc(C3CCNCN3Cc3ccc(CC)c(N(C)CC)c3)cc2)cc1. The van der Waals surface area contributed by atoms with E-state index in [1.807, 2.05) is 0 Å². The van der Waals surface area contributed by atoms with Gasteiger partial charge < -0.3 is 15.1 Å². The molecule has 1 saturated heterocycles. The summed E-state index contributed by atoms with van der Waals surface area (Å²) in [6.45, 7) is 17.5. The van der Waals surface area contributed by atoms with E-state index in [0.717, 1.165) is 65.1 Å². The third-order valence-corrected chi connectivity index (χ3v) is 8.72. The maximum absolute atomic E-state index is 3.62. The Bertz CT molecular complexity index is 1170. The molecule has 1 fully saturated rings. The van der Waals surface area contributed by atoms with Crippen LogP contribution >= 0.6 is 0 Å². The Morgan fingerprint density at radius 1 is 0.850 bits per heavy atom. The fourth-order valence-electron chi connectivity index (χ4n) is 6.14. The Balaban J connectivity index is 1.40. The number of hydrogen-bond acceptors (Lipinski definition) is 4. The summed E-state index contributed by atoms with van der Waals surface area (Å²) in [5, 5.41) is 3.62. The van der Waals surface area contributed by atoms with Gasteiger partial charge in [-0.25, -0.2) is 0 Å². The highest BCUT2D eigenvalue weighted by Gasteiger charge is 2.24. The average molecular weight is 541 g/mol. The van der Waals surface area contributed by atoms with Gasteiger partial charge in [0.25, 0.3) is 0 Å². The normalized spacial score (nSPS) is 16.6. The van der Waals surface area contributed by atoms with E-state index in [1.54, 1.807) is 0 Å². The lowest BCUT2D eigenvalue weighted by molar-refractivity contribution is 0.131. The highest BCUT2D eigenvalue weighted by atomic mass is 15.3. The van der Waals surface area contributed by atoms with Crippen molar-refractivity contribution in [1.82, 2.24) is 10.2 Å². The minimum Gasteiger partial charge on any atom is -0.375 e. The molecule has 3 aromatic rings. The lowest BCUT2D eigenvalue weighted by atomic mass is 9.95. The molecule has 0 bridgehead atoms. The molecule has 2 unspecified atom stereocenters. The zero-order valence-corrected chi connectivity index (χ0v) is 25.9. The molecular weight excluding hydrogens is 488 g/mol. The van der Waals surface area contributed by atoms with E-state index in [1.165, 1.54) is 39.2 Å². The first-order valence-corrected chi connectivity index (χ1v) is 15.7. The van der Waals surface area contributed by atoms with E-state index in [-0.39, 0.29) is 0 Å². The van der Waals surface area contributed by atoms with Crippen molar-refractivity contribution in [2.45, 2.75) is 72.9 Å². The molecular formula is C36H52N4. The highest BCUT2D eigenvalue weighted by molar-refractivity contribution is 5.55. The molecule has 40 heavy (non-hydrogen) atoms. The number of aryl methyl sites for hydroxylation is 2. The monoisotopic (exact) mass is 540 g/mol. The number of rotatable bonds is 13. The summed E-state index contributed by atoms with van der Waals surface area (Å²) in [4.78, 5) is 7.50. The molecule has 1 aliphatic heterocycles. The molecule has 1 N–H and O–H groups in total. The number of benzene rings is 3. The Morgan fingerprint density at radius 2 is 1.55 bits per heavy atom. The molecule has 0 aromatic heterocycles. The fraction of sp³-hybridized carbons (Fsp3) is 0.500. The first kappa shape index (κ1) is 30.1. The van der Waals surface area contributed by atoms with Gasteiger partial charge in [-0.2, -0.15) is 0 Å². The van der Waals surface area contributed by atoms with Gasteiger partial charge in [-0.1, -0.05) is 69.3 Å². The van der Waals surface area contributed by atoms with Gasteiger partial charge in [0.05, 0.1) is 0 Å². The van der Waals surface area contributed by atoms with Gasteiger partial charge in [0.2, 0.25) is 0 Å². The maximum atomic E-state index is 3.62. The molecule has 4 nitrogen and oxygen atoms in total. The van der Waals surface area contributed by atoms with Crippen LogP contribution in [0.25, 0.3) is 0 Å². The van der Waals surface area contributed by atoms with Crippen molar-refractivity contribution in [1.29, 1.82) is 0 Å². The predicted octanol–water partition coefficient (Wildman–Crippen LogP) is 7.47. The lowest BCUT2D eigenvalue weighted by Crippen LogP contribution is -2.43. The summed E-state index contributed by atoms with van der Waals surface area (Å²) in [6, 6.07) is 26.2. The summed E-state index contributed by atoms with van der Waals surface area (Å²) >= 11 is 0. The van der Waals surface area contributed by atoms with Crippen LogP contribution in [-0.4, -0.2) is 44.8 Å². The lowest BCUT2D eigenvalue weighted by Gasteiger charge is -2.37. The molecule has 0 amide bonds. The van der Waals surface area contributed by atoms with Crippen molar-refractivity contribution in [3.05, 3.63) is 94.5 Å². The molecule has 1 aliphatic rings. The summed E-state index contributed by atoms with van der Waals surface area (Å²) in [6.07, 6.45) is 4.42. The largest absolute Gasteiger partial charge is 0.375 e. The zero-order chi connectivity index (χ0) is 28.5. The van der Waals surface area contributed by atoms with E-state index < -0.39 is 0 Å². The number of anilines is 2. The van der Waals surface area contributed by atoms with Crippen molar-refractivity contribution in [2.24, 2.45) is 5.92 Å². The molecule has 0 spiro atoms. The van der Waals surface area contributed by atoms with Gasteiger partial charge in [0.15, 0.2) is 0 Å². The summed E-state index contributed by atoms with van der Waals surface area (Å²) < 4.78 is 0. The number of hydrogen-bond donors (Lipinski definition) is 1. The quantitative estimate of drug-likeness (QED) is 0.243. The maximum Gasteiger partial charge on any atom is 0.0489 e. The average Bonchev–Trinajstić information content (AvgIpc) is 3.00. The van der Waals surface area contributed by atoms with Gasteiger partial charge in [-0.15, -0.1) is 0 Å². The van der Waals surface area contributed by atoms with Crippen LogP contribution in [0.5, 0.6) is 0 Å². The zero-order valence-electron chi connectivity index (χ0n) is 25.9. The number of nitrogens with zero attached hydrogens (tertiary/aromatic N) is 3. The molecule has 4 heteroatoms. The molecule has 216 valence electrons. The smallest absolute Gasteiger partial charge is 0.0489 e. The second-order valence-corrected chi connectivity index (χ2v) is 11.6. The molecule has 4 rings (SSSR count). The van der Waals surface area contributed by atoms with Crippen LogP contribution in [0, 0.1) is 5.92 Å². The van der Waals surface area contributed by atoms with Gasteiger partial charge in [-0.05, 0) is 98.0 Å². The summed E-state index contributed by atoms with van der Waals surface area (Å²) in [7, 11) is 2.20. The summed E-state index contributed by atoms with van der Waals surface area (Å²) in [5.41, 5.74) is 9.84. The highest BCUT2D eigenvalue weighted by Crippen LogP contribution is 2.30. The van der Waals surface area contributed by atoms with E-state index in [9.17, 15) is 0 Å². The van der Waals surface area contributed by atoms with E-state index in [2.05, 4.69) is 128 Å². The van der Waals surface area contributed by atoms with E-state index in [0.29, 0.717) is 12.0 Å². The van der Waals surface area contributed by atoms with Crippen LogP contribution in [0.15, 0.2) is 66.7 Å². The van der Waals surface area contributed by atoms with Crippen molar-refractivity contribution in [3.8, 4) is 0 Å². The number of nitrogens with one attached hydrogen (secondary N) is 1. The molecule has 2 atom stereocenters. The molecule has 1 heterocycles. The molecule has 3 aromatic carbocycles. The van der Waals surface area contributed by atoms with Crippen LogP contribution in [0.4, 0.5) is 11.4 Å². The van der Waals surface area contributed by atoms with Crippen molar-refractivity contribution in [2.75, 3.05) is 49.7 Å². The molecule has 0 radical (unpaired) electrons. The first-order chi connectivity index (χ1) is 19.4. The Labute approximate surface area is 244 Å². The third-order valence-electron chi connectivity index (χ3n) is 8.72. The van der Waals surface area contributed by atoms with Crippen molar-refractivity contribution >= 4 is 11.4 Å². The van der Waals surface area contributed by atoms with Gasteiger partial charge in [-0.3, -0.25) is 4.90 Å².